The maximum absolute atomic E-state index is 12.4. The smallest absolute Gasteiger partial charge is 0.261 e. The van der Waals surface area contributed by atoms with Crippen molar-refractivity contribution in [1.29, 1.82) is 0 Å². The Morgan fingerprint density at radius 2 is 1.76 bits per heavy atom. The Morgan fingerprint density at radius 1 is 1.06 bits per heavy atom. The third-order valence-electron chi connectivity index (χ3n) is 5.59. The fourth-order valence-corrected chi connectivity index (χ4v) is 4.60. The van der Waals surface area contributed by atoms with Crippen molar-refractivity contribution in [3.8, 4) is 5.75 Å². The minimum Gasteiger partial charge on any atom is -0.496 e. The lowest BCUT2D eigenvalue weighted by Gasteiger charge is -2.13. The number of imide groups is 1. The SMILES string of the molecule is COc1ccccc1CCN=C(N)Nc1nc(CCCCN2C(=O)c3ccccc3C2=O)cs1. The van der Waals surface area contributed by atoms with Crippen LogP contribution in [0, 0.1) is 0 Å². The third kappa shape index (κ3) is 5.43. The molecule has 34 heavy (non-hydrogen) atoms. The number of thiazole rings is 1. The Morgan fingerprint density at radius 3 is 2.50 bits per heavy atom. The van der Waals surface area contributed by atoms with Gasteiger partial charge >= 0.3 is 0 Å². The molecule has 1 aliphatic rings. The predicted octanol–water partition coefficient (Wildman–Crippen LogP) is 3.74. The molecule has 1 aliphatic heterocycles. The van der Waals surface area contributed by atoms with Gasteiger partial charge in [-0.1, -0.05) is 30.3 Å². The molecule has 9 heteroatoms. The molecular weight excluding hydrogens is 450 g/mol. The van der Waals surface area contributed by atoms with E-state index in [0.717, 1.165) is 42.7 Å². The quantitative estimate of drug-likeness (QED) is 0.199. The van der Waals surface area contributed by atoms with Gasteiger partial charge in [-0.25, -0.2) is 4.98 Å². The molecule has 1 aromatic heterocycles. The largest absolute Gasteiger partial charge is 0.496 e. The monoisotopic (exact) mass is 477 g/mol. The van der Waals surface area contributed by atoms with Crippen molar-refractivity contribution in [3.05, 3.63) is 76.3 Å². The zero-order chi connectivity index (χ0) is 23.9. The summed E-state index contributed by atoms with van der Waals surface area (Å²) < 4.78 is 5.36. The van der Waals surface area contributed by atoms with E-state index in [1.165, 1.54) is 16.2 Å². The van der Waals surface area contributed by atoms with Gasteiger partial charge in [0.2, 0.25) is 0 Å². The standard InChI is InChI=1S/C25H27N5O3S/c1-33-21-12-5-2-8-17(21)13-14-27-24(26)29-25-28-18(16-34-25)9-6-7-15-30-22(31)19-10-3-4-11-20(19)23(30)32/h2-5,8,10-12,16H,6-7,9,13-15H2,1H3,(H3,26,27,28,29). The lowest BCUT2D eigenvalue weighted by molar-refractivity contribution is 0.0652. The molecule has 0 saturated carbocycles. The lowest BCUT2D eigenvalue weighted by atomic mass is 10.1. The number of carbonyl (C=O) groups excluding carboxylic acids is 2. The topological polar surface area (TPSA) is 110 Å². The van der Waals surface area contributed by atoms with E-state index in [-0.39, 0.29) is 11.8 Å². The Labute approximate surface area is 202 Å². The first-order chi connectivity index (χ1) is 16.6. The van der Waals surface area contributed by atoms with Crippen molar-refractivity contribution in [2.75, 3.05) is 25.5 Å². The zero-order valence-electron chi connectivity index (χ0n) is 19.0. The predicted molar refractivity (Wildman–Crippen MR) is 134 cm³/mol. The zero-order valence-corrected chi connectivity index (χ0v) is 19.8. The molecule has 2 aromatic carbocycles. The number of hydrogen-bond acceptors (Lipinski definition) is 6. The number of aryl methyl sites for hydroxylation is 1. The molecule has 4 rings (SSSR count). The number of benzene rings is 2. The number of aliphatic imine (C=N–C) groups is 1. The van der Waals surface area contributed by atoms with Crippen molar-refractivity contribution in [2.24, 2.45) is 10.7 Å². The van der Waals surface area contributed by atoms with Gasteiger partial charge in [0.1, 0.15) is 5.75 Å². The van der Waals surface area contributed by atoms with Crippen LogP contribution in [0.25, 0.3) is 0 Å². The van der Waals surface area contributed by atoms with Crippen LogP contribution >= 0.6 is 11.3 Å². The second-order valence-electron chi connectivity index (χ2n) is 7.86. The van der Waals surface area contributed by atoms with Crippen molar-refractivity contribution in [1.82, 2.24) is 9.88 Å². The van der Waals surface area contributed by atoms with Gasteiger partial charge in [0.05, 0.1) is 23.9 Å². The van der Waals surface area contributed by atoms with Gasteiger partial charge in [0.15, 0.2) is 11.1 Å². The highest BCUT2D eigenvalue weighted by Gasteiger charge is 2.34. The average Bonchev–Trinajstić information content (AvgIpc) is 3.39. The van der Waals surface area contributed by atoms with Crippen LogP contribution in [0.15, 0.2) is 58.9 Å². The number of aromatic nitrogens is 1. The molecule has 0 spiro atoms. The number of nitrogens with one attached hydrogen (secondary N) is 1. The molecule has 2 amide bonds. The third-order valence-corrected chi connectivity index (χ3v) is 6.39. The van der Waals surface area contributed by atoms with Crippen molar-refractivity contribution in [3.63, 3.8) is 0 Å². The van der Waals surface area contributed by atoms with E-state index < -0.39 is 0 Å². The highest BCUT2D eigenvalue weighted by atomic mass is 32.1. The number of guanidine groups is 1. The van der Waals surface area contributed by atoms with E-state index in [1.807, 2.05) is 29.6 Å². The summed E-state index contributed by atoms with van der Waals surface area (Å²) in [7, 11) is 1.66. The van der Waals surface area contributed by atoms with Crippen molar-refractivity contribution in [2.45, 2.75) is 25.7 Å². The number of rotatable bonds is 10. The van der Waals surface area contributed by atoms with Crippen LogP contribution in [-0.2, 0) is 12.8 Å². The van der Waals surface area contributed by atoms with Gasteiger partial charge in [-0.05, 0) is 49.4 Å². The molecule has 0 unspecified atom stereocenters. The minimum atomic E-state index is -0.207. The van der Waals surface area contributed by atoms with E-state index in [1.54, 1.807) is 31.4 Å². The molecular formula is C25H27N5O3S. The summed E-state index contributed by atoms with van der Waals surface area (Å²) in [6.07, 6.45) is 3.02. The fraction of sp³-hybridized carbons (Fsp3) is 0.280. The summed E-state index contributed by atoms with van der Waals surface area (Å²) in [5.74, 6) is 0.751. The summed E-state index contributed by atoms with van der Waals surface area (Å²) in [4.78, 5) is 35.1. The summed E-state index contributed by atoms with van der Waals surface area (Å²) in [5, 5.41) is 5.71. The molecule has 0 aliphatic carbocycles. The van der Waals surface area contributed by atoms with Gasteiger partial charge in [0.25, 0.3) is 11.8 Å². The summed E-state index contributed by atoms with van der Waals surface area (Å²) in [5.41, 5.74) is 9.01. The minimum absolute atomic E-state index is 0.207. The first-order valence-electron chi connectivity index (χ1n) is 11.2. The second kappa shape index (κ2) is 10.9. The molecule has 3 aromatic rings. The summed E-state index contributed by atoms with van der Waals surface area (Å²) in [6.45, 7) is 0.947. The average molecular weight is 478 g/mol. The Kier molecular flexibility index (Phi) is 7.54. The van der Waals surface area contributed by atoms with Gasteiger partial charge in [0, 0.05) is 18.5 Å². The van der Waals surface area contributed by atoms with E-state index in [9.17, 15) is 9.59 Å². The van der Waals surface area contributed by atoms with Crippen LogP contribution in [0.3, 0.4) is 0 Å². The van der Waals surface area contributed by atoms with Crippen molar-refractivity contribution >= 4 is 34.2 Å². The van der Waals surface area contributed by atoms with Crippen LogP contribution in [-0.4, -0.2) is 47.9 Å². The van der Waals surface area contributed by atoms with E-state index >= 15 is 0 Å². The molecule has 0 atom stereocenters. The number of nitrogens with zero attached hydrogens (tertiary/aromatic N) is 3. The Balaban J connectivity index is 1.20. The highest BCUT2D eigenvalue weighted by Crippen LogP contribution is 2.23. The number of fused-ring (bicyclic) bond motifs is 1. The van der Waals surface area contributed by atoms with Gasteiger partial charge in [-0.2, -0.15) is 0 Å². The van der Waals surface area contributed by atoms with E-state index in [4.69, 9.17) is 10.5 Å². The molecule has 0 fully saturated rings. The number of ether oxygens (including phenoxy) is 1. The molecule has 0 bridgehead atoms. The second-order valence-corrected chi connectivity index (χ2v) is 8.72. The number of para-hydroxylation sites is 1. The van der Waals surface area contributed by atoms with Crippen molar-refractivity contribution < 1.29 is 14.3 Å². The molecule has 0 saturated heterocycles. The maximum atomic E-state index is 12.4. The molecule has 3 N–H and O–H groups in total. The number of hydrogen-bond donors (Lipinski definition) is 2. The van der Waals surface area contributed by atoms with Crippen LogP contribution in [0.4, 0.5) is 5.13 Å². The van der Waals surface area contributed by atoms with E-state index in [0.29, 0.717) is 35.3 Å². The molecule has 2 heterocycles. The molecule has 176 valence electrons. The highest BCUT2D eigenvalue weighted by molar-refractivity contribution is 7.13. The first kappa shape index (κ1) is 23.4. The van der Waals surface area contributed by atoms with Gasteiger partial charge in [-0.15, -0.1) is 11.3 Å². The van der Waals surface area contributed by atoms with E-state index in [2.05, 4.69) is 15.3 Å². The van der Waals surface area contributed by atoms with Gasteiger partial charge < -0.3 is 15.8 Å². The van der Waals surface area contributed by atoms with Crippen LogP contribution < -0.4 is 15.8 Å². The van der Waals surface area contributed by atoms with Gasteiger partial charge in [-0.3, -0.25) is 19.5 Å². The Bertz CT molecular complexity index is 1170. The fourth-order valence-electron chi connectivity index (χ4n) is 3.85. The maximum Gasteiger partial charge on any atom is 0.261 e. The number of unbranched alkanes of at least 4 members (excludes halogenated alkanes) is 1. The number of carbonyl (C=O) groups is 2. The van der Waals surface area contributed by atoms with Crippen LogP contribution in [0.5, 0.6) is 5.75 Å². The number of anilines is 1. The number of amides is 2. The molecule has 8 nitrogen and oxygen atoms in total. The molecule has 0 radical (unpaired) electrons. The number of methoxy groups -OCH3 is 1. The number of nitrogens with two attached hydrogens (primary N) is 1. The first-order valence-corrected chi connectivity index (χ1v) is 12.0. The normalized spacial score (nSPS) is 13.3. The lowest BCUT2D eigenvalue weighted by Crippen LogP contribution is -2.30. The van der Waals surface area contributed by atoms with Crippen LogP contribution in [0.1, 0.15) is 44.8 Å². The summed E-state index contributed by atoms with van der Waals surface area (Å²) in [6, 6.07) is 14.8. The van der Waals surface area contributed by atoms with Crippen LogP contribution in [0.2, 0.25) is 0 Å². The summed E-state index contributed by atoms with van der Waals surface area (Å²) >= 11 is 1.47. The Hall–Kier alpha value is -3.72.